The van der Waals surface area contributed by atoms with Crippen molar-refractivity contribution in [2.24, 2.45) is 0 Å². The largest absolute Gasteiger partial charge is 0.458 e. The monoisotopic (exact) mass is 557 g/mol. The molecule has 3 nitrogen and oxygen atoms in total. The van der Waals surface area contributed by atoms with Gasteiger partial charge < -0.3 is 14.4 Å². The summed E-state index contributed by atoms with van der Waals surface area (Å²) in [6.45, 7) is 2.27. The predicted octanol–water partition coefficient (Wildman–Crippen LogP) is 8.32. The minimum Gasteiger partial charge on any atom is -0.458 e. The Morgan fingerprint density at radius 1 is 0.571 bits per heavy atom. The molecule has 198 valence electrons. The standard InChI is InChI=1S/C37H24BNO2S/c1-23-20-25(39-29-12-4-8-16-35(29)42-36-17-9-5-13-30(36)39)18-19-26(23)24-21-33-37-34(22-24)41-32-15-7-3-11-28(32)38(37)27-10-2-6-14-31(27)40-33/h2-22H,1H3. The van der Waals surface area contributed by atoms with Crippen LogP contribution in [0, 0.1) is 6.92 Å². The summed E-state index contributed by atoms with van der Waals surface area (Å²) in [7, 11) is 0. The molecule has 3 aliphatic rings. The highest BCUT2D eigenvalue weighted by Crippen LogP contribution is 2.51. The highest BCUT2D eigenvalue weighted by Gasteiger charge is 2.40. The third-order valence-corrected chi connectivity index (χ3v) is 9.63. The number of ether oxygens (including phenoxy) is 2. The van der Waals surface area contributed by atoms with E-state index in [0.717, 1.165) is 45.3 Å². The quantitative estimate of drug-likeness (QED) is 0.199. The highest BCUT2D eigenvalue weighted by atomic mass is 32.2. The van der Waals surface area contributed by atoms with Gasteiger partial charge in [0.2, 0.25) is 0 Å². The van der Waals surface area contributed by atoms with Gasteiger partial charge in [-0.2, -0.15) is 0 Å². The van der Waals surface area contributed by atoms with Gasteiger partial charge in [0, 0.05) is 20.9 Å². The molecule has 0 fully saturated rings. The lowest BCUT2D eigenvalue weighted by Gasteiger charge is -2.34. The minimum atomic E-state index is 0.0829. The zero-order valence-electron chi connectivity index (χ0n) is 22.9. The Hall–Kier alpha value is -4.87. The Labute approximate surface area is 249 Å². The van der Waals surface area contributed by atoms with Crippen LogP contribution in [0.15, 0.2) is 137 Å². The van der Waals surface area contributed by atoms with Crippen molar-refractivity contribution in [3.8, 4) is 34.1 Å². The van der Waals surface area contributed by atoms with Crippen LogP contribution in [-0.2, 0) is 0 Å². The molecule has 0 radical (unpaired) electrons. The van der Waals surface area contributed by atoms with Gasteiger partial charge in [0.05, 0.1) is 11.4 Å². The van der Waals surface area contributed by atoms with Crippen LogP contribution in [-0.4, -0.2) is 6.71 Å². The van der Waals surface area contributed by atoms with Crippen molar-refractivity contribution in [1.82, 2.24) is 0 Å². The molecule has 0 amide bonds. The summed E-state index contributed by atoms with van der Waals surface area (Å²) in [5.74, 6) is 3.53. The van der Waals surface area contributed by atoms with Gasteiger partial charge in [-0.05, 0) is 95.2 Å². The first-order valence-electron chi connectivity index (χ1n) is 14.2. The Morgan fingerprint density at radius 3 is 1.71 bits per heavy atom. The van der Waals surface area contributed by atoms with Gasteiger partial charge in [-0.1, -0.05) is 78.5 Å². The van der Waals surface area contributed by atoms with Crippen LogP contribution < -0.4 is 30.8 Å². The Morgan fingerprint density at radius 2 is 1.12 bits per heavy atom. The van der Waals surface area contributed by atoms with Gasteiger partial charge in [0.1, 0.15) is 23.0 Å². The number of hydrogen-bond donors (Lipinski definition) is 0. The summed E-state index contributed by atoms with van der Waals surface area (Å²) < 4.78 is 13.1. The zero-order valence-corrected chi connectivity index (χ0v) is 23.7. The van der Waals surface area contributed by atoms with Crippen LogP contribution >= 0.6 is 11.8 Å². The summed E-state index contributed by atoms with van der Waals surface area (Å²) in [5.41, 5.74) is 10.4. The molecule has 0 spiro atoms. The number of nitrogens with zero attached hydrogens (tertiary/aromatic N) is 1. The van der Waals surface area contributed by atoms with E-state index in [1.54, 1.807) is 0 Å². The van der Waals surface area contributed by atoms with E-state index in [1.807, 2.05) is 23.9 Å². The van der Waals surface area contributed by atoms with Crippen molar-refractivity contribution < 1.29 is 9.47 Å². The Balaban J connectivity index is 1.17. The summed E-state index contributed by atoms with van der Waals surface area (Å²) >= 11 is 1.83. The van der Waals surface area contributed by atoms with Gasteiger partial charge >= 0.3 is 0 Å². The minimum absolute atomic E-state index is 0.0829. The summed E-state index contributed by atoms with van der Waals surface area (Å²) in [6.07, 6.45) is 0. The number of aryl methyl sites for hydroxylation is 1. The molecule has 6 aromatic carbocycles. The maximum absolute atomic E-state index is 6.55. The first kappa shape index (κ1) is 23.8. The summed E-state index contributed by atoms with van der Waals surface area (Å²) in [6, 6.07) is 45.1. The molecule has 5 heteroatoms. The van der Waals surface area contributed by atoms with E-state index in [-0.39, 0.29) is 6.71 Å². The third kappa shape index (κ3) is 3.50. The summed E-state index contributed by atoms with van der Waals surface area (Å²) in [4.78, 5) is 4.89. The van der Waals surface area contributed by atoms with Crippen molar-refractivity contribution in [1.29, 1.82) is 0 Å². The Kier molecular flexibility index (Phi) is 5.14. The van der Waals surface area contributed by atoms with E-state index in [9.17, 15) is 0 Å². The number of rotatable bonds is 2. The number of fused-ring (bicyclic) bond motifs is 6. The van der Waals surface area contributed by atoms with Gasteiger partial charge in [-0.15, -0.1) is 0 Å². The van der Waals surface area contributed by atoms with E-state index < -0.39 is 0 Å². The van der Waals surface area contributed by atoms with Gasteiger partial charge in [-0.25, -0.2) is 0 Å². The molecule has 42 heavy (non-hydrogen) atoms. The number of benzene rings is 6. The Bertz CT molecular complexity index is 1960. The lowest BCUT2D eigenvalue weighted by Crippen LogP contribution is -2.57. The average Bonchev–Trinajstić information content (AvgIpc) is 3.03. The molecule has 0 bridgehead atoms. The molecule has 0 aliphatic carbocycles. The molecule has 0 unspecified atom stereocenters. The fourth-order valence-corrected chi connectivity index (χ4v) is 7.70. The second kappa shape index (κ2) is 9.07. The van der Waals surface area contributed by atoms with Crippen LogP contribution in [0.1, 0.15) is 5.56 Å². The van der Waals surface area contributed by atoms with Crippen molar-refractivity contribution in [2.45, 2.75) is 16.7 Å². The van der Waals surface area contributed by atoms with Crippen LogP contribution in [0.4, 0.5) is 17.1 Å². The smallest absolute Gasteiger partial charge is 0.260 e. The van der Waals surface area contributed by atoms with Crippen LogP contribution in [0.25, 0.3) is 11.1 Å². The fourth-order valence-electron chi connectivity index (χ4n) is 6.64. The first-order valence-corrected chi connectivity index (χ1v) is 15.0. The lowest BCUT2D eigenvalue weighted by atomic mass is 9.35. The SMILES string of the molecule is Cc1cc(N2c3ccccc3Sc3ccccc32)ccc1-c1cc2c3c(c1)Oc1ccccc1B3c1ccccc1O2. The van der Waals surface area contributed by atoms with Crippen molar-refractivity contribution in [2.75, 3.05) is 4.90 Å². The van der Waals surface area contributed by atoms with E-state index in [0.29, 0.717) is 0 Å². The first-order chi connectivity index (χ1) is 20.7. The number of hydrogen-bond acceptors (Lipinski definition) is 4. The molecule has 6 aromatic rings. The highest BCUT2D eigenvalue weighted by molar-refractivity contribution is 7.99. The van der Waals surface area contributed by atoms with Gasteiger partial charge in [0.25, 0.3) is 6.71 Å². The topological polar surface area (TPSA) is 21.7 Å². The van der Waals surface area contributed by atoms with Gasteiger partial charge in [-0.3, -0.25) is 0 Å². The molecule has 3 heterocycles. The van der Waals surface area contributed by atoms with Crippen LogP contribution in [0.2, 0.25) is 0 Å². The van der Waals surface area contributed by atoms with Crippen molar-refractivity contribution in [3.05, 3.63) is 133 Å². The average molecular weight is 557 g/mol. The molecule has 0 aromatic heterocycles. The molecule has 9 rings (SSSR count). The maximum atomic E-state index is 6.55. The molecule has 0 N–H and O–H groups in total. The molecule has 0 saturated carbocycles. The van der Waals surface area contributed by atoms with E-state index in [4.69, 9.17) is 9.47 Å². The zero-order chi connectivity index (χ0) is 27.8. The van der Waals surface area contributed by atoms with Crippen molar-refractivity contribution in [3.63, 3.8) is 0 Å². The van der Waals surface area contributed by atoms with E-state index in [1.165, 1.54) is 37.7 Å². The van der Waals surface area contributed by atoms with Gasteiger partial charge in [0.15, 0.2) is 0 Å². The molecule has 0 atom stereocenters. The number of anilines is 3. The van der Waals surface area contributed by atoms with Crippen LogP contribution in [0.5, 0.6) is 23.0 Å². The predicted molar refractivity (Wildman–Crippen MR) is 173 cm³/mol. The van der Waals surface area contributed by atoms with Crippen LogP contribution in [0.3, 0.4) is 0 Å². The van der Waals surface area contributed by atoms with Crippen molar-refractivity contribution >= 4 is 51.9 Å². The third-order valence-electron chi connectivity index (χ3n) is 8.50. The normalized spacial score (nSPS) is 13.5. The summed E-state index contributed by atoms with van der Waals surface area (Å²) in [5, 5.41) is 0. The van der Waals surface area contributed by atoms with E-state index >= 15 is 0 Å². The maximum Gasteiger partial charge on any atom is 0.260 e. The van der Waals surface area contributed by atoms with E-state index in [2.05, 4.69) is 127 Å². The lowest BCUT2D eigenvalue weighted by molar-refractivity contribution is 0.465. The molecule has 0 saturated heterocycles. The molecule has 3 aliphatic heterocycles. The molecular weight excluding hydrogens is 533 g/mol. The second-order valence-electron chi connectivity index (χ2n) is 11.0. The molecular formula is C37H24BNO2S. The second-order valence-corrected chi connectivity index (χ2v) is 12.1. The fraction of sp³-hybridized carbons (Fsp3) is 0.0270. The number of para-hydroxylation sites is 4.